The first kappa shape index (κ1) is 31.6. The number of hydrogen-bond acceptors (Lipinski definition) is 6. The molecule has 0 saturated heterocycles. The predicted molar refractivity (Wildman–Crippen MR) is 168 cm³/mol. The molecule has 2 aromatic rings. The molecule has 6 heteroatoms. The van der Waals surface area contributed by atoms with Gasteiger partial charge in [0.15, 0.2) is 0 Å². The van der Waals surface area contributed by atoms with E-state index in [1.54, 1.807) is 0 Å². The van der Waals surface area contributed by atoms with Crippen LogP contribution in [0.4, 0.5) is 0 Å². The third kappa shape index (κ3) is 9.60. The van der Waals surface area contributed by atoms with Crippen LogP contribution in [0.25, 0.3) is 0 Å². The molecular weight excluding hydrogens is 524 g/mol. The van der Waals surface area contributed by atoms with Crippen molar-refractivity contribution in [1.82, 2.24) is 9.80 Å². The first-order chi connectivity index (χ1) is 20.5. The van der Waals surface area contributed by atoms with Crippen molar-refractivity contribution in [3.8, 4) is 0 Å². The molecule has 4 atom stereocenters. The highest BCUT2D eigenvalue weighted by atomic mass is 16.5. The van der Waals surface area contributed by atoms with Crippen LogP contribution in [-0.4, -0.2) is 83.8 Å². The van der Waals surface area contributed by atoms with Crippen LogP contribution >= 0.6 is 0 Å². The highest BCUT2D eigenvalue weighted by Gasteiger charge is 2.26. The molecule has 4 unspecified atom stereocenters. The summed E-state index contributed by atoms with van der Waals surface area (Å²) in [6.07, 6.45) is 12.1. The van der Waals surface area contributed by atoms with Crippen molar-refractivity contribution in [2.45, 2.75) is 109 Å². The van der Waals surface area contributed by atoms with Gasteiger partial charge in [-0.3, -0.25) is 9.80 Å². The van der Waals surface area contributed by atoms with E-state index in [0.29, 0.717) is 31.3 Å². The molecule has 2 N–H and O–H groups in total. The second-order valence-corrected chi connectivity index (χ2v) is 13.2. The summed E-state index contributed by atoms with van der Waals surface area (Å²) < 4.78 is 11.8. The topological polar surface area (TPSA) is 65.4 Å². The number of ether oxygens (including phenoxy) is 2. The van der Waals surface area contributed by atoms with Gasteiger partial charge < -0.3 is 19.7 Å². The summed E-state index contributed by atoms with van der Waals surface area (Å²) in [7, 11) is 0. The standard InChI is InChI=1S/2C18H27NO2/c1-14-5-4-8-18(14)21-13-17(20)12-19-10-9-15-6-2-3-7-16(15)11-19;20-17(14-21-18-8-2-1-3-9-18)13-19-11-10-15-6-4-5-7-16(15)12-19/h2-3,6-7,14,17-18,20H,4-5,8-13H2,1H3;4-7,17-18,20H,1-3,8-14H2. The molecule has 2 aliphatic heterocycles. The molecule has 2 fully saturated rings. The van der Waals surface area contributed by atoms with E-state index < -0.39 is 0 Å². The fraction of sp³-hybridized carbons (Fsp3) is 0.667. The molecule has 42 heavy (non-hydrogen) atoms. The highest BCUT2D eigenvalue weighted by molar-refractivity contribution is 5.29. The molecule has 2 aliphatic carbocycles. The normalized spacial score (nSPS) is 24.7. The zero-order chi connectivity index (χ0) is 29.1. The third-order valence-electron chi connectivity index (χ3n) is 9.72. The van der Waals surface area contributed by atoms with Crippen LogP contribution in [0, 0.1) is 5.92 Å². The van der Waals surface area contributed by atoms with Gasteiger partial charge in [0.05, 0.1) is 37.6 Å². The smallest absolute Gasteiger partial charge is 0.0900 e. The van der Waals surface area contributed by atoms with Gasteiger partial charge in [-0.1, -0.05) is 81.1 Å². The number of fused-ring (bicyclic) bond motifs is 2. The van der Waals surface area contributed by atoms with E-state index >= 15 is 0 Å². The number of aliphatic hydroxyl groups is 2. The highest BCUT2D eigenvalue weighted by Crippen LogP contribution is 2.28. The SMILES string of the molecule is CC1CCCC1OCC(O)CN1CCc2ccccc2C1.OC(COC1CCCCC1)CN1CCc2ccccc2C1. The summed E-state index contributed by atoms with van der Waals surface area (Å²) in [5.74, 6) is 0.652. The Morgan fingerprint density at radius 1 is 0.667 bits per heavy atom. The van der Waals surface area contributed by atoms with Gasteiger partial charge in [0.2, 0.25) is 0 Å². The van der Waals surface area contributed by atoms with Crippen molar-refractivity contribution in [3.63, 3.8) is 0 Å². The first-order valence-corrected chi connectivity index (χ1v) is 16.7. The van der Waals surface area contributed by atoms with Gasteiger partial charge in [-0.2, -0.15) is 0 Å². The van der Waals surface area contributed by atoms with E-state index in [4.69, 9.17) is 9.47 Å². The minimum Gasteiger partial charge on any atom is -0.389 e. The molecule has 2 heterocycles. The number of rotatable bonds is 10. The summed E-state index contributed by atoms with van der Waals surface area (Å²) in [5.41, 5.74) is 5.73. The molecule has 0 amide bonds. The fourth-order valence-electron chi connectivity index (χ4n) is 7.19. The van der Waals surface area contributed by atoms with Gasteiger partial charge in [-0.05, 0) is 66.7 Å². The Morgan fingerprint density at radius 3 is 1.71 bits per heavy atom. The van der Waals surface area contributed by atoms with Crippen LogP contribution in [0.3, 0.4) is 0 Å². The zero-order valence-corrected chi connectivity index (χ0v) is 25.8. The van der Waals surface area contributed by atoms with E-state index in [-0.39, 0.29) is 12.2 Å². The molecule has 0 bridgehead atoms. The Morgan fingerprint density at radius 2 is 1.19 bits per heavy atom. The lowest BCUT2D eigenvalue weighted by Gasteiger charge is -2.31. The van der Waals surface area contributed by atoms with Crippen molar-refractivity contribution >= 4 is 0 Å². The van der Waals surface area contributed by atoms with E-state index in [9.17, 15) is 10.2 Å². The van der Waals surface area contributed by atoms with E-state index in [1.807, 2.05) is 0 Å². The Labute approximate surface area is 254 Å². The molecule has 232 valence electrons. The van der Waals surface area contributed by atoms with E-state index in [1.165, 1.54) is 67.2 Å². The minimum absolute atomic E-state index is 0.363. The van der Waals surface area contributed by atoms with E-state index in [2.05, 4.69) is 65.3 Å². The Hall–Kier alpha value is -1.80. The third-order valence-corrected chi connectivity index (χ3v) is 9.72. The number of benzene rings is 2. The molecular formula is C36H54N2O4. The van der Waals surface area contributed by atoms with Gasteiger partial charge in [0, 0.05) is 39.3 Å². The molecule has 6 nitrogen and oxygen atoms in total. The minimum atomic E-state index is -0.372. The van der Waals surface area contributed by atoms with Crippen LogP contribution in [0.15, 0.2) is 48.5 Å². The molecule has 4 aliphatic rings. The monoisotopic (exact) mass is 578 g/mol. The average Bonchev–Trinajstić information content (AvgIpc) is 3.44. The summed E-state index contributed by atoms with van der Waals surface area (Å²) in [6.45, 7) is 8.65. The summed E-state index contributed by atoms with van der Waals surface area (Å²) in [5, 5.41) is 20.4. The van der Waals surface area contributed by atoms with Crippen molar-refractivity contribution in [1.29, 1.82) is 0 Å². The largest absolute Gasteiger partial charge is 0.389 e. The first-order valence-electron chi connectivity index (χ1n) is 16.7. The van der Waals surface area contributed by atoms with Gasteiger partial charge in [0.25, 0.3) is 0 Å². The molecule has 6 rings (SSSR count). The van der Waals surface area contributed by atoms with Crippen LogP contribution in [-0.2, 0) is 35.4 Å². The van der Waals surface area contributed by atoms with Crippen LogP contribution in [0.1, 0.15) is 80.5 Å². The van der Waals surface area contributed by atoms with Gasteiger partial charge in [0.1, 0.15) is 0 Å². The maximum atomic E-state index is 10.2. The molecule has 0 aromatic heterocycles. The Kier molecular flexibility index (Phi) is 12.3. The molecule has 2 saturated carbocycles. The van der Waals surface area contributed by atoms with Crippen molar-refractivity contribution < 1.29 is 19.7 Å². The van der Waals surface area contributed by atoms with Gasteiger partial charge in [-0.15, -0.1) is 0 Å². The second kappa shape index (κ2) is 16.3. The Balaban J connectivity index is 0.000000168. The lowest BCUT2D eigenvalue weighted by Crippen LogP contribution is -2.39. The molecule has 0 spiro atoms. The molecule has 2 aromatic carbocycles. The fourth-order valence-corrected chi connectivity index (χ4v) is 7.19. The number of hydrogen-bond donors (Lipinski definition) is 2. The summed E-state index contributed by atoms with van der Waals surface area (Å²) in [6, 6.07) is 17.3. The zero-order valence-electron chi connectivity index (χ0n) is 25.8. The summed E-state index contributed by atoms with van der Waals surface area (Å²) in [4.78, 5) is 4.69. The van der Waals surface area contributed by atoms with Crippen molar-refractivity contribution in [3.05, 3.63) is 70.8 Å². The van der Waals surface area contributed by atoms with Crippen LogP contribution in [0.5, 0.6) is 0 Å². The quantitative estimate of drug-likeness (QED) is 0.396. The number of β-amino-alcohol motifs (C(OH)–C–C–N with tert-alkyl or cyclic N) is 2. The lowest BCUT2D eigenvalue weighted by atomic mass is 9.98. The van der Waals surface area contributed by atoms with Crippen LogP contribution in [0.2, 0.25) is 0 Å². The van der Waals surface area contributed by atoms with Gasteiger partial charge in [-0.25, -0.2) is 0 Å². The predicted octanol–water partition coefficient (Wildman–Crippen LogP) is 5.37. The number of nitrogens with zero attached hydrogens (tertiary/aromatic N) is 2. The van der Waals surface area contributed by atoms with E-state index in [0.717, 1.165) is 58.5 Å². The van der Waals surface area contributed by atoms with Gasteiger partial charge >= 0.3 is 0 Å². The summed E-state index contributed by atoms with van der Waals surface area (Å²) >= 11 is 0. The maximum absolute atomic E-state index is 10.2. The average molecular weight is 579 g/mol. The maximum Gasteiger partial charge on any atom is 0.0900 e. The van der Waals surface area contributed by atoms with Crippen molar-refractivity contribution in [2.24, 2.45) is 5.92 Å². The van der Waals surface area contributed by atoms with Crippen LogP contribution < -0.4 is 0 Å². The number of aliphatic hydroxyl groups excluding tert-OH is 2. The lowest BCUT2D eigenvalue weighted by molar-refractivity contribution is -0.0344. The Bertz CT molecular complexity index is 1070. The second-order valence-electron chi connectivity index (χ2n) is 13.2. The van der Waals surface area contributed by atoms with Crippen molar-refractivity contribution in [2.75, 3.05) is 39.4 Å². The molecule has 0 radical (unpaired) electrons.